The number of halogens is 1. The number of nitrogens with one attached hydrogen (secondary N) is 2. The predicted octanol–water partition coefficient (Wildman–Crippen LogP) is 4.41. The number of aryl methyl sites for hydroxylation is 2. The Balaban J connectivity index is 0.00000480. The third-order valence-corrected chi connectivity index (χ3v) is 5.55. The molecule has 0 aliphatic heterocycles. The highest BCUT2D eigenvalue weighted by Crippen LogP contribution is 2.13. The van der Waals surface area contributed by atoms with Gasteiger partial charge in [0.25, 0.3) is 0 Å². The second-order valence-electron chi connectivity index (χ2n) is 7.84. The highest BCUT2D eigenvalue weighted by atomic mass is 127. The highest BCUT2D eigenvalue weighted by molar-refractivity contribution is 14.0. The first-order valence-electron chi connectivity index (χ1n) is 11.4. The fourth-order valence-electron chi connectivity index (χ4n) is 3.60. The fourth-order valence-corrected chi connectivity index (χ4v) is 3.60. The SMILES string of the molecule is CCN(CC)CCCC(C)NC(=NC)NCCCc1cn(-c2ccccc2)nc1C.I. The van der Waals surface area contributed by atoms with E-state index in [9.17, 15) is 0 Å². The quantitative estimate of drug-likeness (QED) is 0.181. The number of nitrogens with zero attached hydrogens (tertiary/aromatic N) is 4. The second kappa shape index (κ2) is 15.2. The Morgan fingerprint density at radius 3 is 2.52 bits per heavy atom. The molecule has 1 atom stereocenters. The molecule has 0 bridgehead atoms. The van der Waals surface area contributed by atoms with Crippen molar-refractivity contribution < 1.29 is 0 Å². The van der Waals surface area contributed by atoms with Crippen molar-refractivity contribution in [3.8, 4) is 5.69 Å². The Bertz CT molecular complexity index is 755. The molecule has 2 rings (SSSR count). The first-order chi connectivity index (χ1) is 14.6. The smallest absolute Gasteiger partial charge is 0.191 e. The highest BCUT2D eigenvalue weighted by Gasteiger charge is 2.08. The molecule has 0 radical (unpaired) electrons. The van der Waals surface area contributed by atoms with Crippen LogP contribution in [0.5, 0.6) is 0 Å². The van der Waals surface area contributed by atoms with Crippen LogP contribution in [-0.2, 0) is 6.42 Å². The number of hydrogen-bond acceptors (Lipinski definition) is 3. The Morgan fingerprint density at radius 1 is 1.16 bits per heavy atom. The average molecular weight is 541 g/mol. The predicted molar refractivity (Wildman–Crippen MR) is 143 cm³/mol. The molecular weight excluding hydrogens is 499 g/mol. The van der Waals surface area contributed by atoms with Crippen LogP contribution < -0.4 is 10.6 Å². The van der Waals surface area contributed by atoms with Crippen molar-refractivity contribution in [2.24, 2.45) is 4.99 Å². The van der Waals surface area contributed by atoms with Crippen molar-refractivity contribution >= 4 is 29.9 Å². The van der Waals surface area contributed by atoms with Crippen LogP contribution in [0.2, 0.25) is 0 Å². The fraction of sp³-hybridized carbons (Fsp3) is 0.583. The maximum Gasteiger partial charge on any atom is 0.191 e. The molecule has 0 aliphatic rings. The summed E-state index contributed by atoms with van der Waals surface area (Å²) in [6.45, 7) is 13.1. The molecular formula is C24H41IN6. The lowest BCUT2D eigenvalue weighted by atomic mass is 10.1. The van der Waals surface area contributed by atoms with Gasteiger partial charge in [-0.15, -0.1) is 24.0 Å². The summed E-state index contributed by atoms with van der Waals surface area (Å²) in [5.74, 6) is 0.891. The molecule has 174 valence electrons. The van der Waals surface area contributed by atoms with E-state index in [1.54, 1.807) is 0 Å². The van der Waals surface area contributed by atoms with E-state index in [1.807, 2.05) is 29.9 Å². The summed E-state index contributed by atoms with van der Waals surface area (Å²) in [6.07, 6.45) is 6.54. The van der Waals surface area contributed by atoms with Gasteiger partial charge in [-0.3, -0.25) is 4.99 Å². The zero-order valence-corrected chi connectivity index (χ0v) is 22.2. The lowest BCUT2D eigenvalue weighted by molar-refractivity contribution is 0.292. The number of benzene rings is 1. The summed E-state index contributed by atoms with van der Waals surface area (Å²) >= 11 is 0. The molecule has 0 fully saturated rings. The molecule has 2 N–H and O–H groups in total. The van der Waals surface area contributed by atoms with Crippen LogP contribution in [0.1, 0.15) is 51.3 Å². The van der Waals surface area contributed by atoms with Crippen LogP contribution in [-0.4, -0.2) is 59.9 Å². The van der Waals surface area contributed by atoms with Gasteiger partial charge in [0.2, 0.25) is 0 Å². The zero-order chi connectivity index (χ0) is 21.8. The molecule has 0 aliphatic carbocycles. The standard InChI is InChI=1S/C24H40N6.HI/c1-6-29(7-2)18-12-13-20(3)27-24(25-5)26-17-11-14-22-19-30(28-21(22)4)23-15-9-8-10-16-23;/h8-10,15-16,19-20H,6-7,11-14,17-18H2,1-5H3,(H2,25,26,27);1H. The minimum atomic E-state index is 0. The number of rotatable bonds is 12. The van der Waals surface area contributed by atoms with Crippen LogP contribution >= 0.6 is 24.0 Å². The molecule has 0 saturated carbocycles. The van der Waals surface area contributed by atoms with Gasteiger partial charge in [-0.1, -0.05) is 32.0 Å². The lowest BCUT2D eigenvalue weighted by Gasteiger charge is -2.21. The van der Waals surface area contributed by atoms with Crippen molar-refractivity contribution in [2.75, 3.05) is 33.2 Å². The molecule has 0 saturated heterocycles. The monoisotopic (exact) mass is 540 g/mol. The van der Waals surface area contributed by atoms with E-state index >= 15 is 0 Å². The van der Waals surface area contributed by atoms with Gasteiger partial charge in [0.1, 0.15) is 0 Å². The molecule has 2 aromatic rings. The van der Waals surface area contributed by atoms with E-state index in [2.05, 4.69) is 71.6 Å². The van der Waals surface area contributed by atoms with Crippen LogP contribution in [0.15, 0.2) is 41.5 Å². The van der Waals surface area contributed by atoms with Crippen LogP contribution in [0.3, 0.4) is 0 Å². The van der Waals surface area contributed by atoms with Gasteiger partial charge in [0, 0.05) is 25.8 Å². The third kappa shape index (κ3) is 9.60. The Hall–Kier alpha value is -1.61. The van der Waals surface area contributed by atoms with E-state index in [-0.39, 0.29) is 24.0 Å². The average Bonchev–Trinajstić information content (AvgIpc) is 3.14. The van der Waals surface area contributed by atoms with Crippen molar-refractivity contribution in [2.45, 2.75) is 59.4 Å². The van der Waals surface area contributed by atoms with Crippen LogP contribution in [0, 0.1) is 6.92 Å². The Morgan fingerprint density at radius 2 is 1.87 bits per heavy atom. The second-order valence-corrected chi connectivity index (χ2v) is 7.84. The summed E-state index contributed by atoms with van der Waals surface area (Å²) in [5, 5.41) is 11.6. The number of para-hydroxylation sites is 1. The maximum atomic E-state index is 4.66. The Labute approximate surface area is 205 Å². The number of hydrogen-bond donors (Lipinski definition) is 2. The third-order valence-electron chi connectivity index (χ3n) is 5.55. The van der Waals surface area contributed by atoms with Gasteiger partial charge in [0.05, 0.1) is 11.4 Å². The molecule has 0 amide bonds. The molecule has 1 aromatic heterocycles. The minimum Gasteiger partial charge on any atom is -0.356 e. The van der Waals surface area contributed by atoms with Gasteiger partial charge in [0.15, 0.2) is 5.96 Å². The maximum absolute atomic E-state index is 4.66. The Kier molecular flexibility index (Phi) is 13.5. The molecule has 0 spiro atoms. The zero-order valence-electron chi connectivity index (χ0n) is 19.9. The topological polar surface area (TPSA) is 57.5 Å². The first-order valence-corrected chi connectivity index (χ1v) is 11.4. The van der Waals surface area contributed by atoms with Crippen LogP contribution in [0.4, 0.5) is 0 Å². The van der Waals surface area contributed by atoms with Gasteiger partial charge < -0.3 is 15.5 Å². The molecule has 6 nitrogen and oxygen atoms in total. The summed E-state index contributed by atoms with van der Waals surface area (Å²) in [4.78, 5) is 6.85. The van der Waals surface area contributed by atoms with Crippen molar-refractivity contribution in [3.05, 3.63) is 47.8 Å². The molecule has 1 unspecified atom stereocenters. The normalized spacial score (nSPS) is 12.5. The van der Waals surface area contributed by atoms with Crippen molar-refractivity contribution in [3.63, 3.8) is 0 Å². The molecule has 1 aromatic carbocycles. The van der Waals surface area contributed by atoms with E-state index in [0.29, 0.717) is 6.04 Å². The van der Waals surface area contributed by atoms with Crippen molar-refractivity contribution in [1.29, 1.82) is 0 Å². The van der Waals surface area contributed by atoms with Gasteiger partial charge in [-0.25, -0.2) is 4.68 Å². The van der Waals surface area contributed by atoms with Gasteiger partial charge in [-0.05, 0) is 76.9 Å². The minimum absolute atomic E-state index is 0. The lowest BCUT2D eigenvalue weighted by Crippen LogP contribution is -2.42. The molecule has 31 heavy (non-hydrogen) atoms. The number of guanidine groups is 1. The summed E-state index contributed by atoms with van der Waals surface area (Å²) in [5.41, 5.74) is 3.50. The molecule has 7 heteroatoms. The number of aliphatic imine (C=N–C) groups is 1. The van der Waals surface area contributed by atoms with E-state index in [1.165, 1.54) is 18.5 Å². The van der Waals surface area contributed by atoms with Gasteiger partial charge in [-0.2, -0.15) is 5.10 Å². The van der Waals surface area contributed by atoms with E-state index in [4.69, 9.17) is 0 Å². The summed E-state index contributed by atoms with van der Waals surface area (Å²) in [7, 11) is 1.84. The summed E-state index contributed by atoms with van der Waals surface area (Å²) < 4.78 is 1.97. The van der Waals surface area contributed by atoms with E-state index < -0.39 is 0 Å². The molecule has 1 heterocycles. The van der Waals surface area contributed by atoms with Crippen LogP contribution in [0.25, 0.3) is 5.69 Å². The van der Waals surface area contributed by atoms with Gasteiger partial charge >= 0.3 is 0 Å². The largest absolute Gasteiger partial charge is 0.356 e. The summed E-state index contributed by atoms with van der Waals surface area (Å²) in [6, 6.07) is 10.7. The first kappa shape index (κ1) is 27.4. The van der Waals surface area contributed by atoms with E-state index in [0.717, 1.165) is 56.2 Å². The number of aromatic nitrogens is 2. The van der Waals surface area contributed by atoms with Crippen molar-refractivity contribution in [1.82, 2.24) is 25.3 Å².